The van der Waals surface area contributed by atoms with E-state index in [-0.39, 0.29) is 11.9 Å². The van der Waals surface area contributed by atoms with Gasteiger partial charge in [-0.2, -0.15) is 0 Å². The summed E-state index contributed by atoms with van der Waals surface area (Å²) >= 11 is 0. The molecule has 2 aromatic rings. The van der Waals surface area contributed by atoms with Gasteiger partial charge in [0.05, 0.1) is 0 Å². The third kappa shape index (κ3) is 3.77. The van der Waals surface area contributed by atoms with Crippen molar-refractivity contribution in [3.8, 4) is 0 Å². The number of fused-ring (bicyclic) bond motifs is 1. The third-order valence-electron chi connectivity index (χ3n) is 6.11. The van der Waals surface area contributed by atoms with E-state index < -0.39 is 5.54 Å². The Labute approximate surface area is 162 Å². The molecule has 1 fully saturated rings. The van der Waals surface area contributed by atoms with Crippen molar-refractivity contribution in [3.05, 3.63) is 65.5 Å². The van der Waals surface area contributed by atoms with E-state index in [2.05, 4.69) is 52.5 Å². The van der Waals surface area contributed by atoms with Gasteiger partial charge >= 0.3 is 0 Å². The number of hydrogen-bond donors (Lipinski definition) is 1. The third-order valence-corrected chi connectivity index (χ3v) is 6.11. The summed E-state index contributed by atoms with van der Waals surface area (Å²) in [6, 6.07) is 12.7. The summed E-state index contributed by atoms with van der Waals surface area (Å²) in [5.74, 6) is 0.192. The number of aromatic nitrogens is 1. The van der Waals surface area contributed by atoms with Crippen molar-refractivity contribution in [2.45, 2.75) is 57.0 Å². The number of carbonyl (C=O) groups is 1. The maximum absolute atomic E-state index is 13.6. The number of likely N-dealkylation sites (tertiary alicyclic amines) is 1. The lowest BCUT2D eigenvalue weighted by atomic mass is 9.89. The van der Waals surface area contributed by atoms with Crippen molar-refractivity contribution < 1.29 is 4.79 Å². The molecule has 1 aromatic heterocycles. The van der Waals surface area contributed by atoms with E-state index in [1.165, 1.54) is 30.4 Å². The van der Waals surface area contributed by atoms with Gasteiger partial charge in [-0.25, -0.2) is 0 Å². The molecular weight excluding hydrogens is 334 g/mol. The smallest absolute Gasteiger partial charge is 0.241 e. The quantitative estimate of drug-likeness (QED) is 0.888. The first-order valence-electron chi connectivity index (χ1n) is 10.2. The summed E-state index contributed by atoms with van der Waals surface area (Å²) in [5, 5.41) is 3.33. The maximum atomic E-state index is 13.6. The molecule has 4 nitrogen and oxygen atoms in total. The molecule has 1 amide bonds. The molecule has 142 valence electrons. The number of nitrogens with zero attached hydrogens (tertiary/aromatic N) is 2. The number of rotatable bonds is 5. The summed E-state index contributed by atoms with van der Waals surface area (Å²) in [4.78, 5) is 20.2. The molecule has 27 heavy (non-hydrogen) atoms. The summed E-state index contributed by atoms with van der Waals surface area (Å²) in [7, 11) is 0. The first kappa shape index (κ1) is 18.2. The van der Waals surface area contributed by atoms with E-state index in [0.29, 0.717) is 0 Å². The lowest BCUT2D eigenvalue weighted by Crippen LogP contribution is -2.62. The van der Waals surface area contributed by atoms with Gasteiger partial charge in [-0.3, -0.25) is 14.7 Å². The van der Waals surface area contributed by atoms with E-state index in [0.717, 1.165) is 37.9 Å². The molecule has 1 unspecified atom stereocenters. The predicted molar refractivity (Wildman–Crippen MR) is 108 cm³/mol. The molecule has 1 aromatic carbocycles. The highest BCUT2D eigenvalue weighted by Gasteiger charge is 2.48. The molecule has 4 heteroatoms. The van der Waals surface area contributed by atoms with Crippen LogP contribution in [0.15, 0.2) is 48.8 Å². The van der Waals surface area contributed by atoms with Crippen LogP contribution in [0.3, 0.4) is 0 Å². The Morgan fingerprint density at radius 1 is 1.11 bits per heavy atom. The highest BCUT2D eigenvalue weighted by atomic mass is 16.2. The lowest BCUT2D eigenvalue weighted by molar-refractivity contribution is -0.134. The number of carbonyl (C=O) groups excluding carboxylic acids is 1. The fourth-order valence-corrected chi connectivity index (χ4v) is 4.73. The summed E-state index contributed by atoms with van der Waals surface area (Å²) < 4.78 is 0. The van der Waals surface area contributed by atoms with Crippen LogP contribution < -0.4 is 5.32 Å². The van der Waals surface area contributed by atoms with Crippen LogP contribution in [0.25, 0.3) is 0 Å². The molecule has 0 saturated carbocycles. The number of pyridine rings is 1. The molecule has 2 heterocycles. The number of benzene rings is 1. The summed E-state index contributed by atoms with van der Waals surface area (Å²) in [6.07, 6.45) is 9.79. The van der Waals surface area contributed by atoms with Crippen LogP contribution in [-0.4, -0.2) is 40.5 Å². The summed E-state index contributed by atoms with van der Waals surface area (Å²) in [5.41, 5.74) is 3.40. The van der Waals surface area contributed by atoms with Crippen molar-refractivity contribution >= 4 is 5.91 Å². The van der Waals surface area contributed by atoms with Gasteiger partial charge in [0.15, 0.2) is 0 Å². The zero-order valence-corrected chi connectivity index (χ0v) is 16.2. The zero-order valence-electron chi connectivity index (χ0n) is 16.2. The molecule has 1 N–H and O–H groups in total. The van der Waals surface area contributed by atoms with E-state index in [9.17, 15) is 4.79 Å². The standard InChI is InChI=1S/C23H29N3O/c1-18(14-19-8-7-11-24-17-19)25-22(27)23(26-12-5-2-6-13-26)15-20-9-3-4-10-21(20)16-23/h3-4,7-11,17-18H,2,5-6,12-16H2,1H3,(H,25,27). The van der Waals surface area contributed by atoms with Crippen LogP contribution in [0.2, 0.25) is 0 Å². The first-order valence-corrected chi connectivity index (χ1v) is 10.2. The molecule has 2 aliphatic rings. The number of hydrogen-bond acceptors (Lipinski definition) is 3. The van der Waals surface area contributed by atoms with Crippen molar-refractivity contribution in [1.29, 1.82) is 0 Å². The highest BCUT2D eigenvalue weighted by Crippen LogP contribution is 2.36. The zero-order chi connectivity index (χ0) is 18.7. The van der Waals surface area contributed by atoms with Gasteiger partial charge in [-0.15, -0.1) is 0 Å². The van der Waals surface area contributed by atoms with Crippen LogP contribution in [-0.2, 0) is 24.1 Å². The minimum absolute atomic E-state index is 0.0899. The Morgan fingerprint density at radius 3 is 2.44 bits per heavy atom. The second-order valence-electron chi connectivity index (χ2n) is 8.14. The van der Waals surface area contributed by atoms with Crippen LogP contribution in [0.4, 0.5) is 0 Å². The molecule has 1 aliphatic carbocycles. The van der Waals surface area contributed by atoms with E-state index >= 15 is 0 Å². The van der Waals surface area contributed by atoms with Gasteiger partial charge in [0.2, 0.25) is 5.91 Å². The monoisotopic (exact) mass is 363 g/mol. The minimum Gasteiger partial charge on any atom is -0.352 e. The SMILES string of the molecule is CC(Cc1cccnc1)NC(=O)C1(N2CCCCC2)Cc2ccccc2C1. The average Bonchev–Trinajstić information content (AvgIpc) is 3.10. The second-order valence-corrected chi connectivity index (χ2v) is 8.14. The largest absolute Gasteiger partial charge is 0.352 e. The van der Waals surface area contributed by atoms with Crippen LogP contribution in [0.1, 0.15) is 42.9 Å². The van der Waals surface area contributed by atoms with Crippen LogP contribution >= 0.6 is 0 Å². The highest BCUT2D eigenvalue weighted by molar-refractivity contribution is 5.88. The van der Waals surface area contributed by atoms with E-state index in [1.54, 1.807) is 6.20 Å². The Bertz CT molecular complexity index is 758. The second kappa shape index (κ2) is 7.81. The molecule has 4 rings (SSSR count). The van der Waals surface area contributed by atoms with Gasteiger partial charge in [-0.1, -0.05) is 36.8 Å². The fraction of sp³-hybridized carbons (Fsp3) is 0.478. The van der Waals surface area contributed by atoms with Crippen molar-refractivity contribution in [1.82, 2.24) is 15.2 Å². The Balaban J connectivity index is 1.53. The maximum Gasteiger partial charge on any atom is 0.241 e. The van der Waals surface area contributed by atoms with Gasteiger partial charge in [0, 0.05) is 31.3 Å². The predicted octanol–water partition coefficient (Wildman–Crippen LogP) is 3.15. The van der Waals surface area contributed by atoms with Crippen LogP contribution in [0.5, 0.6) is 0 Å². The first-order chi connectivity index (χ1) is 13.2. The summed E-state index contributed by atoms with van der Waals surface area (Å²) in [6.45, 7) is 4.15. The van der Waals surface area contributed by atoms with Crippen LogP contribution in [0, 0.1) is 0 Å². The van der Waals surface area contributed by atoms with Gasteiger partial charge < -0.3 is 5.32 Å². The van der Waals surface area contributed by atoms with Crippen molar-refractivity contribution in [2.75, 3.05) is 13.1 Å². The number of amides is 1. The molecular formula is C23H29N3O. The lowest BCUT2D eigenvalue weighted by Gasteiger charge is -2.42. The minimum atomic E-state index is -0.423. The fourth-order valence-electron chi connectivity index (χ4n) is 4.73. The molecule has 1 atom stereocenters. The van der Waals surface area contributed by atoms with E-state index in [4.69, 9.17) is 0 Å². The molecule has 0 bridgehead atoms. The van der Waals surface area contributed by atoms with Gasteiger partial charge in [-0.05, 0) is 62.0 Å². The normalized spacial score (nSPS) is 20.0. The van der Waals surface area contributed by atoms with Gasteiger partial charge in [0.25, 0.3) is 0 Å². The molecule has 0 radical (unpaired) electrons. The van der Waals surface area contributed by atoms with Crippen molar-refractivity contribution in [3.63, 3.8) is 0 Å². The van der Waals surface area contributed by atoms with Crippen molar-refractivity contribution in [2.24, 2.45) is 0 Å². The Hall–Kier alpha value is -2.20. The molecule has 1 aliphatic heterocycles. The molecule has 0 spiro atoms. The number of nitrogens with one attached hydrogen (secondary N) is 1. The number of piperidine rings is 1. The topological polar surface area (TPSA) is 45.2 Å². The molecule has 1 saturated heterocycles. The Kier molecular flexibility index (Phi) is 5.26. The van der Waals surface area contributed by atoms with E-state index in [1.807, 2.05) is 12.3 Å². The average molecular weight is 364 g/mol. The van der Waals surface area contributed by atoms with Gasteiger partial charge in [0.1, 0.15) is 5.54 Å². The Morgan fingerprint density at radius 2 is 1.81 bits per heavy atom.